The van der Waals surface area contributed by atoms with Gasteiger partial charge in [-0.05, 0) is 57.1 Å². The number of ether oxygens (including phenoxy) is 1. The zero-order valence-corrected chi connectivity index (χ0v) is 22.9. The number of piperidine rings is 1. The van der Waals surface area contributed by atoms with Crippen LogP contribution in [0.3, 0.4) is 0 Å². The molecule has 2 aromatic rings. The highest BCUT2D eigenvalue weighted by molar-refractivity contribution is 6.34. The maximum absolute atomic E-state index is 14.9. The quantitative estimate of drug-likeness (QED) is 0.308. The summed E-state index contributed by atoms with van der Waals surface area (Å²) in [5.41, 5.74) is 1.59. The fraction of sp³-hybridized carbons (Fsp3) is 0.448. The molecule has 3 heterocycles. The minimum atomic E-state index is -0.738. The van der Waals surface area contributed by atoms with Crippen LogP contribution in [-0.2, 0) is 4.79 Å². The third kappa shape index (κ3) is 5.61. The monoisotopic (exact) mass is 557 g/mol. The number of benzene rings is 2. The van der Waals surface area contributed by atoms with E-state index in [1.807, 2.05) is 11.8 Å². The van der Waals surface area contributed by atoms with Crippen molar-refractivity contribution >= 4 is 29.0 Å². The zero-order valence-electron chi connectivity index (χ0n) is 22.1. The van der Waals surface area contributed by atoms with E-state index in [2.05, 4.69) is 16.8 Å². The van der Waals surface area contributed by atoms with E-state index >= 15 is 0 Å². The highest BCUT2D eigenvalue weighted by Gasteiger charge is 2.34. The lowest BCUT2D eigenvalue weighted by atomic mass is 9.96. The molecule has 208 valence electrons. The Hall–Kier alpha value is -3.17. The average molecular weight is 558 g/mol. The van der Waals surface area contributed by atoms with E-state index in [-0.39, 0.29) is 34.4 Å². The van der Waals surface area contributed by atoms with E-state index in [1.165, 1.54) is 37.5 Å². The molecule has 0 spiro atoms. The van der Waals surface area contributed by atoms with Crippen LogP contribution in [0.5, 0.6) is 5.75 Å². The lowest BCUT2D eigenvalue weighted by molar-refractivity contribution is -0.128. The molecule has 2 aromatic carbocycles. The number of carbonyl (C=O) groups is 1. The molecule has 1 amide bonds. The summed E-state index contributed by atoms with van der Waals surface area (Å²) in [5.74, 6) is -0.946. The molecule has 0 aliphatic carbocycles. The number of nitrogens with one attached hydrogen (secondary N) is 2. The van der Waals surface area contributed by atoms with Gasteiger partial charge in [-0.2, -0.15) is 0 Å². The summed E-state index contributed by atoms with van der Waals surface area (Å²) >= 11 is 6.75. The van der Waals surface area contributed by atoms with E-state index < -0.39 is 11.6 Å². The Bertz CT molecular complexity index is 1280. The van der Waals surface area contributed by atoms with Crippen molar-refractivity contribution in [2.24, 2.45) is 0 Å². The summed E-state index contributed by atoms with van der Waals surface area (Å²) in [6.07, 6.45) is 4.88. The highest BCUT2D eigenvalue weighted by atomic mass is 35.5. The van der Waals surface area contributed by atoms with E-state index in [4.69, 9.17) is 16.3 Å². The molecule has 2 N–H and O–H groups in total. The Morgan fingerprint density at radius 3 is 2.67 bits per heavy atom. The zero-order chi connectivity index (χ0) is 27.7. The van der Waals surface area contributed by atoms with Crippen LogP contribution in [0.15, 0.2) is 36.9 Å². The second kappa shape index (κ2) is 11.5. The number of piperazine rings is 1. The highest BCUT2D eigenvalue weighted by Crippen LogP contribution is 2.47. The van der Waals surface area contributed by atoms with Gasteiger partial charge in [-0.15, -0.1) is 0 Å². The third-order valence-corrected chi connectivity index (χ3v) is 8.09. The first-order chi connectivity index (χ1) is 18.8. The maximum Gasteiger partial charge on any atom is 0.246 e. The molecule has 2 fully saturated rings. The molecule has 0 aromatic heterocycles. The minimum absolute atomic E-state index is 0.0336. The smallest absolute Gasteiger partial charge is 0.246 e. The van der Waals surface area contributed by atoms with Crippen LogP contribution in [-0.4, -0.2) is 84.4 Å². The van der Waals surface area contributed by atoms with Crippen molar-refractivity contribution in [3.05, 3.63) is 59.1 Å². The van der Waals surface area contributed by atoms with Crippen LogP contribution in [0.1, 0.15) is 31.7 Å². The van der Waals surface area contributed by atoms with Crippen molar-refractivity contribution < 1.29 is 18.3 Å². The molecule has 7 nitrogen and oxygen atoms in total. The van der Waals surface area contributed by atoms with Gasteiger partial charge in [0, 0.05) is 55.0 Å². The van der Waals surface area contributed by atoms with Gasteiger partial charge < -0.3 is 24.8 Å². The number of hydrogen-bond acceptors (Lipinski definition) is 5. The van der Waals surface area contributed by atoms with Crippen LogP contribution in [0.2, 0.25) is 5.02 Å². The lowest BCUT2D eigenvalue weighted by Gasteiger charge is -2.42. The van der Waals surface area contributed by atoms with E-state index in [0.717, 1.165) is 25.7 Å². The number of anilines is 1. The Balaban J connectivity index is 1.51. The Kier molecular flexibility index (Phi) is 8.09. The van der Waals surface area contributed by atoms with E-state index in [1.54, 1.807) is 11.0 Å². The first-order valence-electron chi connectivity index (χ1n) is 13.5. The number of amides is 1. The maximum atomic E-state index is 14.9. The van der Waals surface area contributed by atoms with Gasteiger partial charge >= 0.3 is 0 Å². The predicted octanol–water partition coefficient (Wildman–Crippen LogP) is 4.99. The molecule has 3 aliphatic heterocycles. The third-order valence-electron chi connectivity index (χ3n) is 7.79. The van der Waals surface area contributed by atoms with Crippen LogP contribution in [0.25, 0.3) is 11.1 Å². The molecular formula is C29H34ClF2N5O2. The number of halogens is 3. The first kappa shape index (κ1) is 27.4. The molecule has 3 aliphatic rings. The van der Waals surface area contributed by atoms with Crippen molar-refractivity contribution in [3.63, 3.8) is 0 Å². The normalized spacial score (nSPS) is 21.5. The molecule has 2 saturated heterocycles. The van der Waals surface area contributed by atoms with Crippen molar-refractivity contribution in [1.82, 2.24) is 14.7 Å². The fourth-order valence-corrected chi connectivity index (χ4v) is 6.10. The predicted molar refractivity (Wildman–Crippen MR) is 150 cm³/mol. The summed E-state index contributed by atoms with van der Waals surface area (Å²) in [7, 11) is 0. The molecule has 0 saturated carbocycles. The molecular weight excluding hydrogens is 524 g/mol. The van der Waals surface area contributed by atoms with Gasteiger partial charge in [0.2, 0.25) is 5.91 Å². The molecule has 2 unspecified atom stereocenters. The van der Waals surface area contributed by atoms with E-state index in [0.29, 0.717) is 48.8 Å². The van der Waals surface area contributed by atoms with Gasteiger partial charge in [-0.3, -0.25) is 10.2 Å². The topological polar surface area (TPSA) is 71.9 Å². The summed E-state index contributed by atoms with van der Waals surface area (Å²) in [6, 6.07) is 4.89. The Morgan fingerprint density at radius 1 is 1.21 bits per heavy atom. The lowest BCUT2D eigenvalue weighted by Crippen LogP contribution is -2.55. The number of rotatable bonds is 5. The molecule has 0 bridgehead atoms. The fourth-order valence-electron chi connectivity index (χ4n) is 5.80. The van der Waals surface area contributed by atoms with Crippen LogP contribution in [0, 0.1) is 17.0 Å². The van der Waals surface area contributed by atoms with Gasteiger partial charge in [0.05, 0.1) is 16.8 Å². The Labute approximate surface area is 232 Å². The molecule has 2 atom stereocenters. The van der Waals surface area contributed by atoms with E-state index in [9.17, 15) is 19.0 Å². The van der Waals surface area contributed by atoms with Crippen molar-refractivity contribution in [2.45, 2.75) is 38.3 Å². The van der Waals surface area contributed by atoms with Gasteiger partial charge in [-0.1, -0.05) is 24.6 Å². The summed E-state index contributed by atoms with van der Waals surface area (Å²) < 4.78 is 34.9. The molecule has 0 radical (unpaired) electrons. The molecule has 5 rings (SSSR count). The number of hydrogen-bond donors (Lipinski definition) is 2. The molecule has 10 heteroatoms. The van der Waals surface area contributed by atoms with Crippen LogP contribution < -0.4 is 10.1 Å². The minimum Gasteiger partial charge on any atom is -0.488 e. The summed E-state index contributed by atoms with van der Waals surface area (Å²) in [6.45, 7) is 10.2. The molecule has 39 heavy (non-hydrogen) atoms. The summed E-state index contributed by atoms with van der Waals surface area (Å²) in [4.78, 5) is 18.2. The average Bonchev–Trinajstić information content (AvgIpc) is 2.93. The van der Waals surface area contributed by atoms with Crippen LogP contribution in [0.4, 0.5) is 14.5 Å². The number of fused-ring (bicyclic) bond motifs is 1. The first-order valence-corrected chi connectivity index (χ1v) is 13.8. The largest absolute Gasteiger partial charge is 0.488 e. The Morgan fingerprint density at radius 2 is 1.97 bits per heavy atom. The SMILES string of the molecule is C=CC(=O)N1CCN(C(=N)c2cc(Cl)c(-c3ccc(F)cc3F)c3c2NC(CN2CCCCC2)CO3)C(C)C1. The van der Waals surface area contributed by atoms with Gasteiger partial charge in [0.25, 0.3) is 0 Å². The van der Waals surface area contributed by atoms with Crippen molar-refractivity contribution in [2.75, 3.05) is 51.2 Å². The second-order valence-corrected chi connectivity index (χ2v) is 10.9. The number of amidine groups is 1. The summed E-state index contributed by atoms with van der Waals surface area (Å²) in [5, 5.41) is 13.0. The van der Waals surface area contributed by atoms with Crippen molar-refractivity contribution in [3.8, 4) is 16.9 Å². The standard InChI is InChI=1S/C29H34ClF2N5O2/c1-3-25(38)36-11-12-37(18(2)15-36)29(33)22-14-23(30)26(21-8-7-19(31)13-24(21)32)28-27(22)34-20(17-39-28)16-35-9-5-4-6-10-35/h3,7-8,13-14,18,20,33-34H,1,4-6,9-12,15-17H2,2H3. The van der Waals surface area contributed by atoms with Gasteiger partial charge in [0.1, 0.15) is 24.1 Å². The number of carbonyl (C=O) groups excluding carboxylic acids is 1. The van der Waals surface area contributed by atoms with Crippen LogP contribution >= 0.6 is 11.6 Å². The van der Waals surface area contributed by atoms with Gasteiger partial charge in [0.15, 0.2) is 5.75 Å². The number of likely N-dealkylation sites (tertiary alicyclic amines) is 1. The van der Waals surface area contributed by atoms with Crippen molar-refractivity contribution in [1.29, 1.82) is 5.41 Å². The van der Waals surface area contributed by atoms with Gasteiger partial charge in [-0.25, -0.2) is 8.78 Å². The number of nitrogens with zero attached hydrogens (tertiary/aromatic N) is 3. The second-order valence-electron chi connectivity index (χ2n) is 10.5.